The Labute approximate surface area is 199 Å². The Kier molecular flexibility index (Phi) is 7.70. The molecule has 174 valence electrons. The molecule has 0 bridgehead atoms. The van der Waals surface area contributed by atoms with Crippen LogP contribution >= 0.6 is 0 Å². The first-order valence-corrected chi connectivity index (χ1v) is 11.2. The van der Waals surface area contributed by atoms with Crippen LogP contribution in [0, 0.1) is 0 Å². The Morgan fingerprint density at radius 2 is 1.53 bits per heavy atom. The van der Waals surface area contributed by atoms with Crippen LogP contribution in [0.1, 0.15) is 12.5 Å². The maximum atomic E-state index is 9.33. The number of hydrazone groups is 1. The van der Waals surface area contributed by atoms with E-state index in [1.807, 2.05) is 96.8 Å². The molecular formula is C27H28N4O3. The topological polar surface area (TPSA) is 94.1 Å². The van der Waals surface area contributed by atoms with E-state index in [9.17, 15) is 10.2 Å². The van der Waals surface area contributed by atoms with Gasteiger partial charge in [-0.2, -0.15) is 10.1 Å². The van der Waals surface area contributed by atoms with Gasteiger partial charge in [-0.15, -0.1) is 0 Å². The van der Waals surface area contributed by atoms with Crippen molar-refractivity contribution in [1.82, 2.24) is 4.98 Å². The maximum Gasteiger partial charge on any atom is 0.316 e. The summed E-state index contributed by atoms with van der Waals surface area (Å²) in [5.41, 5.74) is 8.15. The molecule has 4 aromatic rings. The molecule has 0 fully saturated rings. The van der Waals surface area contributed by atoms with Crippen molar-refractivity contribution in [1.29, 1.82) is 0 Å². The number of rotatable bonds is 10. The first kappa shape index (κ1) is 23.2. The Hall–Kier alpha value is -3.94. The molecule has 0 aliphatic heterocycles. The van der Waals surface area contributed by atoms with Crippen LogP contribution in [-0.2, 0) is 0 Å². The molecule has 0 aliphatic rings. The molecule has 0 aliphatic carbocycles. The van der Waals surface area contributed by atoms with Gasteiger partial charge >= 0.3 is 6.01 Å². The van der Waals surface area contributed by atoms with Crippen LogP contribution in [0.5, 0.6) is 0 Å². The molecular weight excluding hydrogens is 428 g/mol. The van der Waals surface area contributed by atoms with E-state index in [2.05, 4.69) is 15.5 Å². The van der Waals surface area contributed by atoms with Crippen LogP contribution in [0.2, 0.25) is 0 Å². The average Bonchev–Trinajstić information content (AvgIpc) is 3.33. The number of aliphatic hydroxyl groups excluding tert-OH is 2. The van der Waals surface area contributed by atoms with Crippen molar-refractivity contribution in [2.45, 2.75) is 6.92 Å². The predicted molar refractivity (Wildman–Crippen MR) is 136 cm³/mol. The first-order chi connectivity index (χ1) is 16.7. The molecule has 3 N–H and O–H groups in total. The summed E-state index contributed by atoms with van der Waals surface area (Å²) in [4.78, 5) is 6.60. The molecule has 0 amide bonds. The maximum absolute atomic E-state index is 9.33. The van der Waals surface area contributed by atoms with Gasteiger partial charge in [0.2, 0.25) is 0 Å². The zero-order valence-electron chi connectivity index (χ0n) is 19.1. The second-order valence-electron chi connectivity index (χ2n) is 7.72. The number of aliphatic hydroxyl groups is 2. The van der Waals surface area contributed by atoms with Gasteiger partial charge in [-0.05, 0) is 24.6 Å². The van der Waals surface area contributed by atoms with E-state index in [4.69, 9.17) is 4.42 Å². The summed E-state index contributed by atoms with van der Waals surface area (Å²) >= 11 is 0. The number of hydrogen-bond donors (Lipinski definition) is 3. The second kappa shape index (κ2) is 11.3. The number of oxazole rings is 1. The summed E-state index contributed by atoms with van der Waals surface area (Å²) in [6, 6.07) is 27.9. The van der Waals surface area contributed by atoms with E-state index in [0.717, 1.165) is 33.8 Å². The van der Waals surface area contributed by atoms with Crippen LogP contribution < -0.4 is 10.3 Å². The summed E-state index contributed by atoms with van der Waals surface area (Å²) in [6.45, 7) is 2.80. The number of anilines is 2. The summed E-state index contributed by atoms with van der Waals surface area (Å²) in [5, 5.41) is 23.1. The lowest BCUT2D eigenvalue weighted by molar-refractivity contribution is 0.281. The zero-order chi connectivity index (χ0) is 23.8. The molecule has 1 aromatic heterocycles. The molecule has 0 spiro atoms. The van der Waals surface area contributed by atoms with E-state index in [1.165, 1.54) is 0 Å². The molecule has 0 unspecified atom stereocenters. The van der Waals surface area contributed by atoms with Gasteiger partial charge in [0.1, 0.15) is 5.69 Å². The molecule has 0 saturated heterocycles. The van der Waals surface area contributed by atoms with E-state index < -0.39 is 0 Å². The van der Waals surface area contributed by atoms with Gasteiger partial charge < -0.3 is 19.5 Å². The van der Waals surface area contributed by atoms with E-state index in [1.54, 1.807) is 0 Å². The molecule has 34 heavy (non-hydrogen) atoms. The van der Waals surface area contributed by atoms with Gasteiger partial charge in [0.05, 0.1) is 18.9 Å². The summed E-state index contributed by atoms with van der Waals surface area (Å²) in [7, 11) is 0. The van der Waals surface area contributed by atoms with Crippen LogP contribution in [0.15, 0.2) is 94.4 Å². The second-order valence-corrected chi connectivity index (χ2v) is 7.72. The van der Waals surface area contributed by atoms with E-state index in [-0.39, 0.29) is 13.2 Å². The first-order valence-electron chi connectivity index (χ1n) is 11.2. The SMILES string of the molecule is CC(=NNc1nc(-c2ccccc2)c(-c2ccccc2)o1)c1cccc(N(CCO)CCO)c1. The van der Waals surface area contributed by atoms with Crippen molar-refractivity contribution in [2.24, 2.45) is 5.10 Å². The molecule has 4 rings (SSSR count). The number of nitrogens with zero attached hydrogens (tertiary/aromatic N) is 3. The lowest BCUT2D eigenvalue weighted by Gasteiger charge is -2.23. The number of hydrogen-bond acceptors (Lipinski definition) is 7. The minimum absolute atomic E-state index is 0.0104. The third-order valence-corrected chi connectivity index (χ3v) is 5.40. The molecule has 7 heteroatoms. The average molecular weight is 457 g/mol. The summed E-state index contributed by atoms with van der Waals surface area (Å²) in [6.07, 6.45) is 0. The zero-order valence-corrected chi connectivity index (χ0v) is 19.1. The van der Waals surface area contributed by atoms with E-state index >= 15 is 0 Å². The lowest BCUT2D eigenvalue weighted by Crippen LogP contribution is -2.29. The number of nitrogens with one attached hydrogen (secondary N) is 1. The Morgan fingerprint density at radius 1 is 0.882 bits per heavy atom. The van der Waals surface area contributed by atoms with Crippen molar-refractivity contribution < 1.29 is 14.6 Å². The van der Waals surface area contributed by atoms with Crippen LogP contribution in [0.4, 0.5) is 11.7 Å². The third kappa shape index (κ3) is 5.51. The predicted octanol–water partition coefficient (Wildman–Crippen LogP) is 4.64. The van der Waals surface area contributed by atoms with Gasteiger partial charge in [-0.1, -0.05) is 72.8 Å². The normalized spacial score (nSPS) is 11.4. The van der Waals surface area contributed by atoms with Crippen LogP contribution in [0.25, 0.3) is 22.6 Å². The Bertz CT molecular complexity index is 1160. The fourth-order valence-electron chi connectivity index (χ4n) is 3.68. The summed E-state index contributed by atoms with van der Waals surface area (Å²) in [5.74, 6) is 0.674. The lowest BCUT2D eigenvalue weighted by atomic mass is 10.1. The van der Waals surface area contributed by atoms with E-state index in [0.29, 0.717) is 24.9 Å². The minimum Gasteiger partial charge on any atom is -0.422 e. The van der Waals surface area contributed by atoms with Gasteiger partial charge in [0.25, 0.3) is 0 Å². The molecule has 0 saturated carbocycles. The number of benzene rings is 3. The Balaban J connectivity index is 1.60. The molecule has 7 nitrogen and oxygen atoms in total. The fourth-order valence-corrected chi connectivity index (χ4v) is 3.68. The largest absolute Gasteiger partial charge is 0.422 e. The van der Waals surface area contributed by atoms with Crippen LogP contribution in [0.3, 0.4) is 0 Å². The van der Waals surface area contributed by atoms with Crippen molar-refractivity contribution in [3.63, 3.8) is 0 Å². The summed E-state index contributed by atoms with van der Waals surface area (Å²) < 4.78 is 6.07. The van der Waals surface area contributed by atoms with Crippen molar-refractivity contribution in [3.05, 3.63) is 90.5 Å². The molecule has 3 aromatic carbocycles. The van der Waals surface area contributed by atoms with Crippen molar-refractivity contribution >= 4 is 17.4 Å². The monoisotopic (exact) mass is 456 g/mol. The van der Waals surface area contributed by atoms with Crippen LogP contribution in [-0.4, -0.2) is 47.2 Å². The quantitative estimate of drug-likeness (QED) is 0.238. The standard InChI is InChI=1S/C27H28N4O3/c1-20(23-13-8-14-24(19-23)31(15-17-32)16-18-33)29-30-27-28-25(21-9-4-2-5-10-21)26(34-27)22-11-6-3-7-12-22/h2-14,19,32-33H,15-18H2,1H3,(H,28,30). The highest BCUT2D eigenvalue weighted by Crippen LogP contribution is 2.34. The van der Waals surface area contributed by atoms with Crippen molar-refractivity contribution in [2.75, 3.05) is 36.6 Å². The highest BCUT2D eigenvalue weighted by Gasteiger charge is 2.16. The number of aromatic nitrogens is 1. The van der Waals surface area contributed by atoms with Gasteiger partial charge in [0.15, 0.2) is 5.76 Å². The highest BCUT2D eigenvalue weighted by atomic mass is 16.4. The van der Waals surface area contributed by atoms with Crippen molar-refractivity contribution in [3.8, 4) is 22.6 Å². The molecule has 0 radical (unpaired) electrons. The highest BCUT2D eigenvalue weighted by molar-refractivity contribution is 5.99. The smallest absolute Gasteiger partial charge is 0.316 e. The Morgan fingerprint density at radius 3 is 2.18 bits per heavy atom. The van der Waals surface area contributed by atoms with Gasteiger partial charge in [-0.25, -0.2) is 5.43 Å². The minimum atomic E-state index is 0.0104. The fraction of sp³-hybridized carbons (Fsp3) is 0.185. The molecule has 1 heterocycles. The molecule has 0 atom stereocenters. The third-order valence-electron chi connectivity index (χ3n) is 5.40. The van der Waals surface area contributed by atoms with Gasteiger partial charge in [0, 0.05) is 29.9 Å². The van der Waals surface area contributed by atoms with Gasteiger partial charge in [-0.3, -0.25) is 0 Å².